The van der Waals surface area contributed by atoms with Crippen LogP contribution in [0.15, 0.2) is 17.1 Å². The molecular weight excluding hydrogens is 329 g/mol. The smallest absolute Gasteiger partial charge is 0.341 e. The number of rotatable bonds is 2. The highest BCUT2D eigenvalue weighted by atomic mass is 19.1. The second kappa shape index (κ2) is 4.72. The standard InChI is InChI=1S/C17H16FN3O4/c1-7-6-25-16-13-8(15(22)9(17(23)24)3-21(7)13)2-10(18)14(16)20-4-11-12(5-20)19-11/h2-3,7,11-12,19H,4-6H2,1H3,(H,23,24). The molecule has 3 atom stereocenters. The number of aromatic nitrogens is 1. The quantitative estimate of drug-likeness (QED) is 0.787. The van der Waals surface area contributed by atoms with Gasteiger partial charge in [-0.15, -0.1) is 0 Å². The van der Waals surface area contributed by atoms with Crippen LogP contribution in [0.1, 0.15) is 23.3 Å². The monoisotopic (exact) mass is 345 g/mol. The number of nitrogens with zero attached hydrogens (tertiary/aromatic N) is 2. The highest BCUT2D eigenvalue weighted by molar-refractivity contribution is 5.97. The third-order valence-electron chi connectivity index (χ3n) is 5.33. The summed E-state index contributed by atoms with van der Waals surface area (Å²) in [6, 6.07) is 1.75. The van der Waals surface area contributed by atoms with E-state index in [1.54, 1.807) is 4.57 Å². The van der Waals surface area contributed by atoms with Crippen LogP contribution in [-0.2, 0) is 0 Å². The lowest BCUT2D eigenvalue weighted by molar-refractivity contribution is 0.0694. The van der Waals surface area contributed by atoms with Crippen molar-refractivity contribution in [2.24, 2.45) is 0 Å². The van der Waals surface area contributed by atoms with Crippen LogP contribution in [0.25, 0.3) is 10.9 Å². The Bertz CT molecular complexity index is 992. The second-order valence-corrected chi connectivity index (χ2v) is 6.96. The van der Waals surface area contributed by atoms with Gasteiger partial charge in [0.2, 0.25) is 5.43 Å². The van der Waals surface area contributed by atoms with Gasteiger partial charge in [-0.25, -0.2) is 9.18 Å². The molecule has 130 valence electrons. The number of nitrogens with one attached hydrogen (secondary N) is 1. The van der Waals surface area contributed by atoms with Crippen LogP contribution in [0, 0.1) is 5.82 Å². The first-order valence-electron chi connectivity index (χ1n) is 8.24. The van der Waals surface area contributed by atoms with Crippen LogP contribution in [0.4, 0.5) is 10.1 Å². The molecule has 8 heteroatoms. The minimum absolute atomic E-state index is 0.0465. The molecule has 0 bridgehead atoms. The molecular formula is C17H16FN3O4. The van der Waals surface area contributed by atoms with Crippen LogP contribution in [-0.4, -0.2) is 47.4 Å². The number of pyridine rings is 1. The number of benzene rings is 1. The SMILES string of the molecule is CC1COc2c(N3CC4NC4C3)c(F)cc3c(=O)c(C(=O)O)cn1c23. The Morgan fingerprint density at radius 1 is 1.40 bits per heavy atom. The minimum Gasteiger partial charge on any atom is -0.487 e. The molecule has 25 heavy (non-hydrogen) atoms. The lowest BCUT2D eigenvalue weighted by Gasteiger charge is -2.31. The molecule has 0 amide bonds. The molecule has 0 saturated carbocycles. The van der Waals surface area contributed by atoms with Crippen LogP contribution < -0.4 is 20.4 Å². The Balaban J connectivity index is 1.82. The fourth-order valence-corrected chi connectivity index (χ4v) is 3.97. The number of hydrogen-bond donors (Lipinski definition) is 2. The van der Waals surface area contributed by atoms with E-state index < -0.39 is 17.2 Å². The summed E-state index contributed by atoms with van der Waals surface area (Å²) in [5, 5.41) is 12.6. The number of halogens is 1. The number of ether oxygens (including phenoxy) is 1. The van der Waals surface area contributed by atoms with Gasteiger partial charge < -0.3 is 24.6 Å². The maximum atomic E-state index is 14.9. The molecule has 3 aliphatic heterocycles. The Kier molecular flexibility index (Phi) is 2.78. The largest absolute Gasteiger partial charge is 0.487 e. The molecule has 3 aliphatic rings. The van der Waals surface area contributed by atoms with Crippen molar-refractivity contribution in [3.8, 4) is 5.75 Å². The van der Waals surface area contributed by atoms with Crippen molar-refractivity contribution in [2.45, 2.75) is 25.0 Å². The van der Waals surface area contributed by atoms with Crippen molar-refractivity contribution >= 4 is 22.6 Å². The van der Waals surface area contributed by atoms with Crippen LogP contribution in [0.5, 0.6) is 5.75 Å². The number of hydrogen-bond acceptors (Lipinski definition) is 5. The van der Waals surface area contributed by atoms with E-state index >= 15 is 0 Å². The Labute approximate surface area is 141 Å². The van der Waals surface area contributed by atoms with E-state index in [1.165, 1.54) is 6.20 Å². The minimum atomic E-state index is -1.31. The molecule has 2 aromatic rings. The van der Waals surface area contributed by atoms with Gasteiger partial charge in [0.25, 0.3) is 0 Å². The number of aromatic carboxylic acids is 1. The summed E-state index contributed by atoms with van der Waals surface area (Å²) in [6.07, 6.45) is 1.34. The van der Waals surface area contributed by atoms with Crippen molar-refractivity contribution in [3.05, 3.63) is 33.9 Å². The maximum absolute atomic E-state index is 14.9. The molecule has 2 saturated heterocycles. The van der Waals surface area contributed by atoms with E-state index in [0.29, 0.717) is 48.7 Å². The number of carbonyl (C=O) groups is 1. The first-order valence-corrected chi connectivity index (χ1v) is 8.24. The van der Waals surface area contributed by atoms with E-state index in [0.717, 1.165) is 6.07 Å². The normalized spacial score (nSPS) is 26.5. The molecule has 3 unspecified atom stereocenters. The van der Waals surface area contributed by atoms with E-state index in [-0.39, 0.29) is 17.0 Å². The molecule has 5 rings (SSSR count). The zero-order chi connectivity index (χ0) is 17.5. The Morgan fingerprint density at radius 2 is 2.12 bits per heavy atom. The van der Waals surface area contributed by atoms with Gasteiger partial charge in [0.05, 0.1) is 16.9 Å². The van der Waals surface area contributed by atoms with Crippen molar-refractivity contribution in [3.63, 3.8) is 0 Å². The Hall–Kier alpha value is -2.61. The van der Waals surface area contributed by atoms with Gasteiger partial charge in [0.15, 0.2) is 11.6 Å². The highest BCUT2D eigenvalue weighted by Gasteiger charge is 2.46. The van der Waals surface area contributed by atoms with E-state index in [4.69, 9.17) is 4.74 Å². The first-order chi connectivity index (χ1) is 12.0. The molecule has 7 nitrogen and oxygen atoms in total. The van der Waals surface area contributed by atoms with Gasteiger partial charge in [-0.2, -0.15) is 0 Å². The van der Waals surface area contributed by atoms with Gasteiger partial charge in [0.1, 0.15) is 17.9 Å². The molecule has 1 aromatic carbocycles. The number of piperazine rings is 1. The van der Waals surface area contributed by atoms with Gasteiger partial charge in [-0.1, -0.05) is 0 Å². The number of fused-ring (bicyclic) bond motifs is 1. The maximum Gasteiger partial charge on any atom is 0.341 e. The fourth-order valence-electron chi connectivity index (χ4n) is 3.97. The summed E-state index contributed by atoms with van der Waals surface area (Å²) >= 11 is 0. The highest BCUT2D eigenvalue weighted by Crippen LogP contribution is 2.43. The summed E-state index contributed by atoms with van der Waals surface area (Å²) < 4.78 is 22.4. The summed E-state index contributed by atoms with van der Waals surface area (Å²) in [6.45, 7) is 3.54. The average molecular weight is 345 g/mol. The zero-order valence-corrected chi connectivity index (χ0v) is 13.5. The van der Waals surface area contributed by atoms with Crippen molar-refractivity contribution in [1.82, 2.24) is 9.88 Å². The zero-order valence-electron chi connectivity index (χ0n) is 13.5. The van der Waals surface area contributed by atoms with Crippen LogP contribution in [0.2, 0.25) is 0 Å². The van der Waals surface area contributed by atoms with Gasteiger partial charge >= 0.3 is 5.97 Å². The van der Waals surface area contributed by atoms with E-state index in [1.807, 2.05) is 11.8 Å². The van der Waals surface area contributed by atoms with Gasteiger partial charge in [-0.3, -0.25) is 4.79 Å². The molecule has 2 fully saturated rings. The molecule has 4 heterocycles. The fraction of sp³-hybridized carbons (Fsp3) is 0.412. The topological polar surface area (TPSA) is 93.7 Å². The number of carboxylic acids is 1. The number of anilines is 1. The predicted octanol–water partition coefficient (Wildman–Crippen LogP) is 0.953. The van der Waals surface area contributed by atoms with Crippen molar-refractivity contribution < 1.29 is 19.0 Å². The van der Waals surface area contributed by atoms with Crippen molar-refractivity contribution in [2.75, 3.05) is 24.6 Å². The lowest BCUT2D eigenvalue weighted by atomic mass is 10.1. The van der Waals surface area contributed by atoms with E-state index in [2.05, 4.69) is 5.32 Å². The number of carboxylic acid groups (broad SMARTS) is 1. The second-order valence-electron chi connectivity index (χ2n) is 6.96. The molecule has 2 N–H and O–H groups in total. The molecule has 1 aromatic heterocycles. The average Bonchev–Trinajstić information content (AvgIpc) is 3.18. The van der Waals surface area contributed by atoms with Gasteiger partial charge in [-0.05, 0) is 13.0 Å². The lowest BCUT2D eigenvalue weighted by Crippen LogP contribution is -2.31. The van der Waals surface area contributed by atoms with Gasteiger partial charge in [0, 0.05) is 31.4 Å². The van der Waals surface area contributed by atoms with Crippen molar-refractivity contribution in [1.29, 1.82) is 0 Å². The summed E-state index contributed by atoms with van der Waals surface area (Å²) in [5.41, 5.74) is -0.205. The Morgan fingerprint density at radius 3 is 2.80 bits per heavy atom. The molecule has 0 radical (unpaired) electrons. The summed E-state index contributed by atoms with van der Waals surface area (Å²) in [7, 11) is 0. The first kappa shape index (κ1) is 14.7. The van der Waals surface area contributed by atoms with E-state index in [9.17, 15) is 19.1 Å². The molecule has 0 spiro atoms. The third-order valence-corrected chi connectivity index (χ3v) is 5.33. The predicted molar refractivity (Wildman–Crippen MR) is 88.3 cm³/mol. The molecule has 0 aliphatic carbocycles. The third kappa shape index (κ3) is 1.94. The summed E-state index contributed by atoms with van der Waals surface area (Å²) in [5.74, 6) is -1.53. The van der Waals surface area contributed by atoms with Crippen LogP contribution >= 0.6 is 0 Å². The van der Waals surface area contributed by atoms with Crippen LogP contribution in [0.3, 0.4) is 0 Å². The summed E-state index contributed by atoms with van der Waals surface area (Å²) in [4.78, 5) is 25.9.